The second kappa shape index (κ2) is 8.06. The van der Waals surface area contributed by atoms with E-state index in [2.05, 4.69) is 30.4 Å². The van der Waals surface area contributed by atoms with E-state index in [1.165, 1.54) is 17.8 Å². The highest BCUT2D eigenvalue weighted by Crippen LogP contribution is 2.32. The van der Waals surface area contributed by atoms with Gasteiger partial charge in [-0.15, -0.1) is 0 Å². The fraction of sp³-hybridized carbons (Fsp3) is 0.143. The quantitative estimate of drug-likeness (QED) is 0.264. The van der Waals surface area contributed by atoms with Gasteiger partial charge in [-0.2, -0.15) is 14.5 Å². The number of furan rings is 1. The number of nitrogens with zero attached hydrogens (tertiary/aromatic N) is 5. The van der Waals surface area contributed by atoms with Crippen molar-refractivity contribution in [3.05, 3.63) is 69.3 Å². The van der Waals surface area contributed by atoms with Gasteiger partial charge in [-0.25, -0.2) is 9.97 Å². The first-order valence-corrected chi connectivity index (χ1v) is 10.9. The molecule has 0 aliphatic carbocycles. The van der Waals surface area contributed by atoms with E-state index in [0.29, 0.717) is 44.8 Å². The molecule has 0 spiro atoms. The molecule has 5 aromatic rings. The van der Waals surface area contributed by atoms with Crippen molar-refractivity contribution in [3.63, 3.8) is 0 Å². The first kappa shape index (κ1) is 20.7. The minimum absolute atomic E-state index is 0.0977. The Morgan fingerprint density at radius 1 is 1.18 bits per heavy atom. The Balaban J connectivity index is 1.47. The molecule has 12 heteroatoms. The molecule has 1 amide bonds. The lowest BCUT2D eigenvalue weighted by atomic mass is 10.2. The normalized spacial score (nSPS) is 11.3. The average molecular weight is 462 g/mol. The lowest BCUT2D eigenvalue weighted by Crippen LogP contribution is -2.15. The van der Waals surface area contributed by atoms with Crippen LogP contribution in [-0.4, -0.2) is 35.5 Å². The number of amides is 1. The number of thioether (sulfide) groups is 1. The van der Waals surface area contributed by atoms with E-state index >= 15 is 0 Å². The van der Waals surface area contributed by atoms with Gasteiger partial charge < -0.3 is 15.5 Å². The summed E-state index contributed by atoms with van der Waals surface area (Å²) in [6.07, 6.45) is 0. The van der Waals surface area contributed by atoms with Crippen LogP contribution in [0.3, 0.4) is 0 Å². The van der Waals surface area contributed by atoms with E-state index in [1.807, 2.05) is 19.9 Å². The molecule has 0 saturated heterocycles. The topological polar surface area (TPSA) is 157 Å². The Bertz CT molecular complexity index is 1570. The highest BCUT2D eigenvalue weighted by Gasteiger charge is 2.19. The molecule has 4 N–H and O–H groups in total. The van der Waals surface area contributed by atoms with Gasteiger partial charge in [-0.1, -0.05) is 30.0 Å². The van der Waals surface area contributed by atoms with Crippen molar-refractivity contribution in [2.45, 2.75) is 24.8 Å². The van der Waals surface area contributed by atoms with E-state index in [-0.39, 0.29) is 23.2 Å². The third-order valence-corrected chi connectivity index (χ3v) is 5.91. The van der Waals surface area contributed by atoms with Gasteiger partial charge in [0.05, 0.1) is 11.1 Å². The molecule has 11 nitrogen and oxygen atoms in total. The Labute approximate surface area is 190 Å². The van der Waals surface area contributed by atoms with Crippen LogP contribution in [0, 0.1) is 13.8 Å². The number of carbonyl (C=O) groups is 1. The molecule has 0 saturated carbocycles. The van der Waals surface area contributed by atoms with Crippen LogP contribution in [0.5, 0.6) is 0 Å². The van der Waals surface area contributed by atoms with E-state index < -0.39 is 0 Å². The van der Waals surface area contributed by atoms with Crippen molar-refractivity contribution in [1.82, 2.24) is 29.5 Å². The molecule has 0 bridgehead atoms. The molecule has 166 valence electrons. The maximum absolute atomic E-state index is 12.8. The number of hydrogen-bond donors (Lipinski definition) is 3. The maximum Gasteiger partial charge on any atom is 0.274 e. The van der Waals surface area contributed by atoms with E-state index in [1.54, 1.807) is 24.3 Å². The van der Waals surface area contributed by atoms with E-state index in [9.17, 15) is 9.59 Å². The molecule has 5 rings (SSSR count). The van der Waals surface area contributed by atoms with Crippen molar-refractivity contribution in [1.29, 1.82) is 0 Å². The second-order valence-electron chi connectivity index (χ2n) is 7.26. The average Bonchev–Trinajstić information content (AvgIpc) is 3.31. The van der Waals surface area contributed by atoms with Crippen molar-refractivity contribution in [2.24, 2.45) is 0 Å². The molecule has 0 radical (unpaired) electrons. The van der Waals surface area contributed by atoms with Crippen LogP contribution in [0.15, 0.2) is 50.8 Å². The smallest absolute Gasteiger partial charge is 0.274 e. The summed E-state index contributed by atoms with van der Waals surface area (Å²) < 4.78 is 6.95. The van der Waals surface area contributed by atoms with E-state index in [4.69, 9.17) is 10.2 Å². The standard InChI is InChI=1S/C21H18N8O3S/c1-10-11(2)32-18-15(10)16(24-17(31)12-6-4-3-5-7-12)25-21(26-18)33-9-13-8-14(30)29-20(23-13)27-19(22)28-29/h3-8H,9H2,1-2H3,(H3,22,23,27,28)(H,24,25,26,31). The van der Waals surface area contributed by atoms with Crippen molar-refractivity contribution < 1.29 is 9.21 Å². The van der Waals surface area contributed by atoms with Gasteiger partial charge in [0, 0.05) is 22.9 Å². The van der Waals surface area contributed by atoms with Gasteiger partial charge in [0.15, 0.2) is 5.16 Å². The van der Waals surface area contributed by atoms with Gasteiger partial charge in [0.1, 0.15) is 11.6 Å². The Kier molecular flexibility index (Phi) is 5.05. The minimum atomic E-state index is -0.329. The summed E-state index contributed by atoms with van der Waals surface area (Å²) in [6.45, 7) is 3.71. The Hall–Kier alpha value is -4.19. The maximum atomic E-state index is 12.8. The number of nitrogens with one attached hydrogen (secondary N) is 2. The molecule has 0 aliphatic rings. The number of aromatic nitrogens is 6. The molecule has 4 heterocycles. The van der Waals surface area contributed by atoms with E-state index in [0.717, 1.165) is 10.1 Å². The zero-order chi connectivity index (χ0) is 23.1. The molecular formula is C21H18N8O3S. The number of nitrogens with two attached hydrogens (primary N) is 1. The van der Waals surface area contributed by atoms with Gasteiger partial charge >= 0.3 is 0 Å². The fourth-order valence-corrected chi connectivity index (χ4v) is 4.04. The van der Waals surface area contributed by atoms with Crippen molar-refractivity contribution in [3.8, 4) is 0 Å². The number of nitrogen functional groups attached to an aromatic ring is 1. The SMILES string of the molecule is Cc1oc2nc(SCc3cc(=O)n4[nH]c(N)nc4n3)nc(NC(=O)c3ccccc3)c2c1C. The molecule has 33 heavy (non-hydrogen) atoms. The number of carbonyl (C=O) groups excluding carboxylic acids is 1. The predicted molar refractivity (Wildman–Crippen MR) is 123 cm³/mol. The first-order valence-electron chi connectivity index (χ1n) is 9.90. The zero-order valence-corrected chi connectivity index (χ0v) is 18.4. The third-order valence-electron chi connectivity index (χ3n) is 5.03. The number of fused-ring (bicyclic) bond motifs is 2. The molecule has 1 aromatic carbocycles. The van der Waals surface area contributed by atoms with Crippen LogP contribution >= 0.6 is 11.8 Å². The molecule has 0 aliphatic heterocycles. The van der Waals surface area contributed by atoms with Crippen LogP contribution in [0.1, 0.15) is 27.4 Å². The van der Waals surface area contributed by atoms with Gasteiger partial charge in [0.25, 0.3) is 17.2 Å². The minimum Gasteiger partial charge on any atom is -0.443 e. The number of anilines is 2. The molecule has 0 atom stereocenters. The molecule has 0 fully saturated rings. The Morgan fingerprint density at radius 2 is 1.97 bits per heavy atom. The number of rotatable bonds is 5. The highest BCUT2D eigenvalue weighted by molar-refractivity contribution is 7.98. The van der Waals surface area contributed by atoms with Crippen LogP contribution in [0.2, 0.25) is 0 Å². The number of aromatic amines is 1. The molecule has 4 aromatic heterocycles. The Morgan fingerprint density at radius 3 is 2.76 bits per heavy atom. The molecule has 0 unspecified atom stereocenters. The van der Waals surface area contributed by atoms with Crippen LogP contribution in [-0.2, 0) is 5.75 Å². The van der Waals surface area contributed by atoms with Crippen LogP contribution in [0.4, 0.5) is 11.8 Å². The van der Waals surface area contributed by atoms with Gasteiger partial charge in [-0.05, 0) is 26.0 Å². The summed E-state index contributed by atoms with van der Waals surface area (Å²) in [5, 5.41) is 6.50. The number of hydrogen-bond acceptors (Lipinski definition) is 9. The third kappa shape index (κ3) is 3.91. The van der Waals surface area contributed by atoms with Crippen LogP contribution < -0.4 is 16.6 Å². The number of benzene rings is 1. The summed E-state index contributed by atoms with van der Waals surface area (Å²) in [5.74, 6) is 1.33. The largest absolute Gasteiger partial charge is 0.443 e. The summed E-state index contributed by atoms with van der Waals surface area (Å²) >= 11 is 1.25. The van der Waals surface area contributed by atoms with Crippen LogP contribution in [0.25, 0.3) is 16.9 Å². The second-order valence-corrected chi connectivity index (χ2v) is 8.20. The molecular weight excluding hydrogens is 444 g/mol. The lowest BCUT2D eigenvalue weighted by molar-refractivity contribution is 0.102. The fourth-order valence-electron chi connectivity index (χ4n) is 3.31. The summed E-state index contributed by atoms with van der Waals surface area (Å²) in [5.41, 5.74) is 7.49. The monoisotopic (exact) mass is 462 g/mol. The van der Waals surface area contributed by atoms with Gasteiger partial charge in [0.2, 0.25) is 11.7 Å². The predicted octanol–water partition coefficient (Wildman–Crippen LogP) is 2.70. The number of aryl methyl sites for hydroxylation is 2. The van der Waals surface area contributed by atoms with Crippen molar-refractivity contribution >= 4 is 46.3 Å². The summed E-state index contributed by atoms with van der Waals surface area (Å²) in [7, 11) is 0. The number of H-pyrrole nitrogens is 1. The highest BCUT2D eigenvalue weighted by atomic mass is 32.2. The zero-order valence-electron chi connectivity index (χ0n) is 17.6. The summed E-state index contributed by atoms with van der Waals surface area (Å²) in [4.78, 5) is 42.4. The van der Waals surface area contributed by atoms with Crippen molar-refractivity contribution in [2.75, 3.05) is 11.1 Å². The first-order chi connectivity index (χ1) is 15.9. The lowest BCUT2D eigenvalue weighted by Gasteiger charge is -2.08. The summed E-state index contributed by atoms with van der Waals surface area (Å²) in [6, 6.07) is 10.2. The van der Waals surface area contributed by atoms with Gasteiger partial charge in [-0.3, -0.25) is 14.7 Å².